The summed E-state index contributed by atoms with van der Waals surface area (Å²) < 4.78 is 14.8. The Bertz CT molecular complexity index is 697. The average molecular weight is 266 g/mol. The zero-order valence-corrected chi connectivity index (χ0v) is 11.3. The van der Waals surface area contributed by atoms with Crippen LogP contribution < -0.4 is 0 Å². The first kappa shape index (κ1) is 12.6. The minimum absolute atomic E-state index is 0.229. The summed E-state index contributed by atoms with van der Waals surface area (Å²) in [5, 5.41) is 4.52. The second-order valence-corrected chi connectivity index (χ2v) is 4.89. The summed E-state index contributed by atoms with van der Waals surface area (Å²) in [5.41, 5.74) is 4.25. The highest BCUT2D eigenvalue weighted by Gasteiger charge is 2.03. The molecule has 0 saturated carbocycles. The molecule has 3 rings (SSSR count). The van der Waals surface area contributed by atoms with Gasteiger partial charge in [0.25, 0.3) is 0 Å². The van der Waals surface area contributed by atoms with Crippen molar-refractivity contribution < 1.29 is 4.39 Å². The molecule has 1 aromatic heterocycles. The third-order valence-corrected chi connectivity index (χ3v) is 3.25. The van der Waals surface area contributed by atoms with Crippen LogP contribution >= 0.6 is 0 Å². The topological polar surface area (TPSA) is 17.8 Å². The largest absolute Gasteiger partial charge is 0.268 e. The highest BCUT2D eigenvalue weighted by molar-refractivity contribution is 5.58. The summed E-state index contributed by atoms with van der Waals surface area (Å²) in [6, 6.07) is 16.7. The fourth-order valence-corrected chi connectivity index (χ4v) is 2.10. The SMILES string of the molecule is Cc1ccc(Cn2ccc(-c3ccc(F)cc3)n2)cc1. The first-order chi connectivity index (χ1) is 9.70. The molecule has 0 N–H and O–H groups in total. The zero-order chi connectivity index (χ0) is 13.9. The molecular weight excluding hydrogens is 251 g/mol. The Hall–Kier alpha value is -2.42. The van der Waals surface area contributed by atoms with Gasteiger partial charge in [0.05, 0.1) is 12.2 Å². The van der Waals surface area contributed by atoms with Gasteiger partial charge in [-0.15, -0.1) is 0 Å². The van der Waals surface area contributed by atoms with E-state index < -0.39 is 0 Å². The minimum Gasteiger partial charge on any atom is -0.268 e. The van der Waals surface area contributed by atoms with E-state index in [1.807, 2.05) is 16.9 Å². The van der Waals surface area contributed by atoms with Gasteiger partial charge in [-0.25, -0.2) is 4.39 Å². The molecule has 0 bridgehead atoms. The van der Waals surface area contributed by atoms with Gasteiger partial charge < -0.3 is 0 Å². The van der Waals surface area contributed by atoms with E-state index in [9.17, 15) is 4.39 Å². The Morgan fingerprint density at radius 1 is 0.950 bits per heavy atom. The van der Waals surface area contributed by atoms with Crippen molar-refractivity contribution in [3.05, 3.63) is 77.7 Å². The van der Waals surface area contributed by atoms with Crippen LogP contribution in [0.5, 0.6) is 0 Å². The second kappa shape index (κ2) is 5.29. The maximum atomic E-state index is 12.9. The Balaban J connectivity index is 1.80. The number of aromatic nitrogens is 2. The maximum Gasteiger partial charge on any atom is 0.123 e. The lowest BCUT2D eigenvalue weighted by atomic mass is 10.1. The van der Waals surface area contributed by atoms with E-state index in [0.29, 0.717) is 0 Å². The van der Waals surface area contributed by atoms with Gasteiger partial charge in [-0.1, -0.05) is 29.8 Å². The van der Waals surface area contributed by atoms with E-state index in [1.54, 1.807) is 12.1 Å². The van der Waals surface area contributed by atoms with Crippen molar-refractivity contribution in [3.8, 4) is 11.3 Å². The molecule has 20 heavy (non-hydrogen) atoms. The standard InChI is InChI=1S/C17H15FN2/c1-13-2-4-14(5-3-13)12-20-11-10-17(19-20)15-6-8-16(18)9-7-15/h2-11H,12H2,1H3. The first-order valence-electron chi connectivity index (χ1n) is 6.56. The summed E-state index contributed by atoms with van der Waals surface area (Å²) in [4.78, 5) is 0. The molecule has 0 radical (unpaired) electrons. The van der Waals surface area contributed by atoms with Crippen molar-refractivity contribution in [2.24, 2.45) is 0 Å². The molecule has 100 valence electrons. The molecule has 0 fully saturated rings. The molecule has 0 amide bonds. The second-order valence-electron chi connectivity index (χ2n) is 4.89. The van der Waals surface area contributed by atoms with Crippen LogP contribution in [-0.4, -0.2) is 9.78 Å². The number of hydrogen-bond acceptors (Lipinski definition) is 1. The normalized spacial score (nSPS) is 10.7. The minimum atomic E-state index is -0.229. The molecule has 3 aromatic rings. The summed E-state index contributed by atoms with van der Waals surface area (Å²) in [5.74, 6) is -0.229. The van der Waals surface area contributed by atoms with Crippen molar-refractivity contribution in [1.29, 1.82) is 0 Å². The molecular formula is C17H15FN2. The van der Waals surface area contributed by atoms with Crippen LogP contribution in [0, 0.1) is 12.7 Å². The Kier molecular flexibility index (Phi) is 3.33. The fourth-order valence-electron chi connectivity index (χ4n) is 2.10. The highest BCUT2D eigenvalue weighted by Crippen LogP contribution is 2.17. The smallest absolute Gasteiger partial charge is 0.123 e. The maximum absolute atomic E-state index is 12.9. The van der Waals surface area contributed by atoms with Gasteiger partial charge >= 0.3 is 0 Å². The average Bonchev–Trinajstić information content (AvgIpc) is 2.91. The molecule has 0 aliphatic carbocycles. The number of nitrogens with zero attached hydrogens (tertiary/aromatic N) is 2. The lowest BCUT2D eigenvalue weighted by Gasteiger charge is -2.02. The van der Waals surface area contributed by atoms with Crippen LogP contribution in [0.15, 0.2) is 60.8 Å². The number of halogens is 1. The molecule has 0 aliphatic rings. The van der Waals surface area contributed by atoms with Crippen molar-refractivity contribution in [2.45, 2.75) is 13.5 Å². The van der Waals surface area contributed by atoms with E-state index in [2.05, 4.69) is 36.3 Å². The van der Waals surface area contributed by atoms with Crippen molar-refractivity contribution in [1.82, 2.24) is 9.78 Å². The van der Waals surface area contributed by atoms with Crippen molar-refractivity contribution in [3.63, 3.8) is 0 Å². The van der Waals surface area contributed by atoms with Crippen LogP contribution in [-0.2, 0) is 6.54 Å². The van der Waals surface area contributed by atoms with Gasteiger partial charge in [-0.3, -0.25) is 4.68 Å². The molecule has 0 aliphatic heterocycles. The summed E-state index contributed by atoms with van der Waals surface area (Å²) in [6.45, 7) is 2.81. The molecule has 0 atom stereocenters. The number of aryl methyl sites for hydroxylation is 1. The predicted molar refractivity (Wildman–Crippen MR) is 77.9 cm³/mol. The Morgan fingerprint density at radius 2 is 1.65 bits per heavy atom. The van der Waals surface area contributed by atoms with Crippen LogP contribution in [0.3, 0.4) is 0 Å². The van der Waals surface area contributed by atoms with Crippen LogP contribution in [0.2, 0.25) is 0 Å². The van der Waals surface area contributed by atoms with E-state index in [4.69, 9.17) is 0 Å². The predicted octanol–water partition coefficient (Wildman–Crippen LogP) is 4.05. The van der Waals surface area contributed by atoms with Crippen molar-refractivity contribution in [2.75, 3.05) is 0 Å². The molecule has 0 spiro atoms. The van der Waals surface area contributed by atoms with Crippen LogP contribution in [0.25, 0.3) is 11.3 Å². The van der Waals surface area contributed by atoms with E-state index in [1.165, 1.54) is 23.3 Å². The monoisotopic (exact) mass is 266 g/mol. The summed E-state index contributed by atoms with van der Waals surface area (Å²) in [7, 11) is 0. The third kappa shape index (κ3) is 2.77. The first-order valence-corrected chi connectivity index (χ1v) is 6.56. The lowest BCUT2D eigenvalue weighted by molar-refractivity contribution is 0.628. The highest BCUT2D eigenvalue weighted by atomic mass is 19.1. The quantitative estimate of drug-likeness (QED) is 0.699. The van der Waals surface area contributed by atoms with Gasteiger partial charge in [-0.2, -0.15) is 5.10 Å². The molecule has 3 heteroatoms. The third-order valence-electron chi connectivity index (χ3n) is 3.25. The summed E-state index contributed by atoms with van der Waals surface area (Å²) in [6.07, 6.45) is 1.94. The van der Waals surface area contributed by atoms with Gasteiger partial charge in [-0.05, 0) is 42.8 Å². The molecule has 2 aromatic carbocycles. The number of benzene rings is 2. The lowest BCUT2D eigenvalue weighted by Crippen LogP contribution is -2.00. The fraction of sp³-hybridized carbons (Fsp3) is 0.118. The summed E-state index contributed by atoms with van der Waals surface area (Å²) >= 11 is 0. The van der Waals surface area contributed by atoms with Crippen molar-refractivity contribution >= 4 is 0 Å². The van der Waals surface area contributed by atoms with Gasteiger partial charge in [0.15, 0.2) is 0 Å². The number of rotatable bonds is 3. The van der Waals surface area contributed by atoms with Crippen LogP contribution in [0.1, 0.15) is 11.1 Å². The zero-order valence-electron chi connectivity index (χ0n) is 11.3. The Morgan fingerprint density at radius 3 is 2.35 bits per heavy atom. The molecule has 0 unspecified atom stereocenters. The molecule has 0 saturated heterocycles. The molecule has 2 nitrogen and oxygen atoms in total. The van der Waals surface area contributed by atoms with Crippen LogP contribution in [0.4, 0.5) is 4.39 Å². The van der Waals surface area contributed by atoms with Gasteiger partial charge in [0.2, 0.25) is 0 Å². The van der Waals surface area contributed by atoms with E-state index in [-0.39, 0.29) is 5.82 Å². The van der Waals surface area contributed by atoms with E-state index >= 15 is 0 Å². The number of hydrogen-bond donors (Lipinski definition) is 0. The van der Waals surface area contributed by atoms with Gasteiger partial charge in [0, 0.05) is 11.8 Å². The van der Waals surface area contributed by atoms with E-state index in [0.717, 1.165) is 17.8 Å². The van der Waals surface area contributed by atoms with Gasteiger partial charge in [0.1, 0.15) is 5.82 Å². The Labute approximate surface area is 117 Å². The molecule has 1 heterocycles.